The molecule has 2 aliphatic heterocycles. The predicted molar refractivity (Wildman–Crippen MR) is 152 cm³/mol. The van der Waals surface area contributed by atoms with Crippen molar-refractivity contribution in [3.63, 3.8) is 0 Å². The monoisotopic (exact) mass is 596 g/mol. The molecule has 1 aliphatic carbocycles. The van der Waals surface area contributed by atoms with Gasteiger partial charge in [-0.05, 0) is 81.8 Å². The normalized spacial score (nSPS) is 19.1. The lowest BCUT2D eigenvalue weighted by atomic mass is 9.88. The zero-order valence-electron chi connectivity index (χ0n) is 23.6. The Morgan fingerprint density at radius 1 is 0.905 bits per heavy atom. The van der Waals surface area contributed by atoms with Crippen molar-refractivity contribution in [1.82, 2.24) is 14.8 Å². The number of nitrogens with one attached hydrogen (secondary N) is 1. The lowest BCUT2D eigenvalue weighted by molar-refractivity contribution is -0.138. The first-order valence-electron chi connectivity index (χ1n) is 14.7. The molecule has 3 N–H and O–H groups in total. The molecule has 0 unspecified atom stereocenters. The third kappa shape index (κ3) is 7.43. The number of piperazine rings is 1. The Bertz CT molecular complexity index is 1220. The van der Waals surface area contributed by atoms with Gasteiger partial charge in [-0.1, -0.05) is 5.57 Å². The van der Waals surface area contributed by atoms with Crippen LogP contribution in [-0.4, -0.2) is 66.6 Å². The van der Waals surface area contributed by atoms with Crippen LogP contribution in [0.25, 0.3) is 0 Å². The Hall–Kier alpha value is -3.15. The highest BCUT2D eigenvalue weighted by Crippen LogP contribution is 2.37. The highest BCUT2D eigenvalue weighted by molar-refractivity contribution is 5.58. The Labute approximate surface area is 242 Å². The molecule has 12 heteroatoms. The van der Waals surface area contributed by atoms with Crippen LogP contribution in [0.1, 0.15) is 56.1 Å². The van der Waals surface area contributed by atoms with Crippen LogP contribution < -0.4 is 16.0 Å². The van der Waals surface area contributed by atoms with Gasteiger partial charge in [-0.3, -0.25) is 4.90 Å². The number of hydrogen-bond donors (Lipinski definition) is 2. The lowest BCUT2D eigenvalue weighted by Crippen LogP contribution is -2.47. The van der Waals surface area contributed by atoms with Crippen LogP contribution in [0, 0.1) is 0 Å². The lowest BCUT2D eigenvalue weighted by Gasteiger charge is -2.39. The second-order valence-corrected chi connectivity index (χ2v) is 11.4. The smallest absolute Gasteiger partial charge is 0.398 e. The van der Waals surface area contributed by atoms with Gasteiger partial charge in [0.25, 0.3) is 0 Å². The van der Waals surface area contributed by atoms with Crippen molar-refractivity contribution in [2.75, 3.05) is 61.8 Å². The van der Waals surface area contributed by atoms with Gasteiger partial charge < -0.3 is 20.9 Å². The first kappa shape index (κ1) is 30.3. The maximum Gasteiger partial charge on any atom is 0.418 e. The summed E-state index contributed by atoms with van der Waals surface area (Å²) >= 11 is 0. The molecule has 42 heavy (non-hydrogen) atoms. The molecular weight excluding hydrogens is 558 g/mol. The number of nitrogen functional groups attached to an aromatic ring is 1. The van der Waals surface area contributed by atoms with Gasteiger partial charge in [0.05, 0.1) is 11.1 Å². The summed E-state index contributed by atoms with van der Waals surface area (Å²) in [5.41, 5.74) is 7.16. The Kier molecular flexibility index (Phi) is 9.10. The number of anilines is 3. The van der Waals surface area contributed by atoms with E-state index in [1.165, 1.54) is 29.8 Å². The zero-order valence-corrected chi connectivity index (χ0v) is 23.6. The van der Waals surface area contributed by atoms with E-state index in [2.05, 4.69) is 20.1 Å². The number of pyridine rings is 1. The summed E-state index contributed by atoms with van der Waals surface area (Å²) in [5.74, 6) is 0.578. The highest BCUT2D eigenvalue weighted by atomic mass is 19.4. The number of piperidine rings is 1. The zero-order chi connectivity index (χ0) is 29.9. The van der Waals surface area contributed by atoms with Gasteiger partial charge in [-0.2, -0.15) is 26.3 Å². The number of aromatic nitrogens is 1. The number of likely N-dealkylation sites (tertiary alicyclic amines) is 1. The molecule has 3 aliphatic rings. The Morgan fingerprint density at radius 2 is 1.62 bits per heavy atom. The van der Waals surface area contributed by atoms with Crippen LogP contribution in [0.5, 0.6) is 0 Å². The quantitative estimate of drug-likeness (QED) is 0.264. The first-order chi connectivity index (χ1) is 20.0. The average Bonchev–Trinajstić information content (AvgIpc) is 2.92. The molecule has 0 bridgehead atoms. The maximum atomic E-state index is 13.3. The van der Waals surface area contributed by atoms with Gasteiger partial charge in [0.15, 0.2) is 0 Å². The number of halogens is 6. The van der Waals surface area contributed by atoms with Crippen molar-refractivity contribution in [3.8, 4) is 0 Å². The number of allylic oxidation sites excluding steroid dienone is 2. The molecule has 0 amide bonds. The maximum absolute atomic E-state index is 13.3. The van der Waals surface area contributed by atoms with Crippen molar-refractivity contribution < 1.29 is 26.3 Å². The minimum absolute atomic E-state index is 0.106. The summed E-state index contributed by atoms with van der Waals surface area (Å²) in [6.45, 7) is 5.84. The second kappa shape index (κ2) is 12.6. The topological polar surface area (TPSA) is 60.7 Å². The molecule has 230 valence electrons. The van der Waals surface area contributed by atoms with Crippen molar-refractivity contribution in [2.24, 2.45) is 0 Å². The van der Waals surface area contributed by atoms with E-state index in [4.69, 9.17) is 5.73 Å². The van der Waals surface area contributed by atoms with Crippen molar-refractivity contribution in [1.29, 1.82) is 0 Å². The molecule has 3 heterocycles. The second-order valence-electron chi connectivity index (χ2n) is 11.4. The molecule has 0 atom stereocenters. The van der Waals surface area contributed by atoms with E-state index in [0.717, 1.165) is 103 Å². The van der Waals surface area contributed by atoms with Gasteiger partial charge in [0, 0.05) is 68.6 Å². The van der Waals surface area contributed by atoms with Crippen LogP contribution in [0.15, 0.2) is 47.8 Å². The summed E-state index contributed by atoms with van der Waals surface area (Å²) in [6.07, 6.45) is -0.742. The first-order valence-corrected chi connectivity index (χ1v) is 14.7. The predicted octanol–water partition coefficient (Wildman–Crippen LogP) is 6.62. The van der Waals surface area contributed by atoms with Crippen LogP contribution in [0.2, 0.25) is 0 Å². The molecule has 6 nitrogen and oxygen atoms in total. The molecule has 1 aromatic carbocycles. The third-order valence-corrected chi connectivity index (χ3v) is 8.63. The number of benzene rings is 1. The number of rotatable bonds is 8. The summed E-state index contributed by atoms with van der Waals surface area (Å²) in [5, 5.41) is 3.28. The number of nitrogens with zero attached hydrogens (tertiary/aromatic N) is 4. The molecule has 2 aromatic rings. The number of nitrogens with two attached hydrogens (primary N) is 1. The van der Waals surface area contributed by atoms with Gasteiger partial charge in [-0.25, -0.2) is 4.98 Å². The van der Waals surface area contributed by atoms with Gasteiger partial charge >= 0.3 is 12.4 Å². The summed E-state index contributed by atoms with van der Waals surface area (Å²) in [7, 11) is 0. The largest absolute Gasteiger partial charge is 0.418 e. The Morgan fingerprint density at radius 3 is 2.19 bits per heavy atom. The van der Waals surface area contributed by atoms with Crippen molar-refractivity contribution >= 4 is 17.2 Å². The van der Waals surface area contributed by atoms with E-state index in [9.17, 15) is 26.3 Å². The fraction of sp³-hybridized carbons (Fsp3) is 0.567. The van der Waals surface area contributed by atoms with Gasteiger partial charge in [-0.15, -0.1) is 0 Å². The van der Waals surface area contributed by atoms with Crippen LogP contribution >= 0.6 is 0 Å². The molecule has 0 radical (unpaired) electrons. The van der Waals surface area contributed by atoms with E-state index in [-0.39, 0.29) is 11.7 Å². The summed E-state index contributed by atoms with van der Waals surface area (Å²) < 4.78 is 78.3. The minimum atomic E-state index is -4.48. The number of hydrogen-bond acceptors (Lipinski definition) is 6. The average molecular weight is 597 g/mol. The van der Waals surface area contributed by atoms with Crippen LogP contribution in [0.4, 0.5) is 43.5 Å². The molecule has 3 fully saturated rings. The van der Waals surface area contributed by atoms with Crippen LogP contribution in [0.3, 0.4) is 0 Å². The SMILES string of the molecule is Nc1ccc(NC2CCN(C(CCCN3CCN(c4ccc(C(F)(F)F)cn4)CC3)=C3CCC3)CC2)cc1C(F)(F)F. The fourth-order valence-corrected chi connectivity index (χ4v) is 6.03. The van der Waals surface area contributed by atoms with E-state index in [1.807, 2.05) is 4.90 Å². The van der Waals surface area contributed by atoms with Gasteiger partial charge in [0.2, 0.25) is 0 Å². The molecular formula is C30H38F6N6. The van der Waals surface area contributed by atoms with E-state index in [0.29, 0.717) is 11.5 Å². The number of alkyl halides is 6. The summed E-state index contributed by atoms with van der Waals surface area (Å²) in [6, 6.07) is 6.66. The molecule has 5 rings (SSSR count). The van der Waals surface area contributed by atoms with Crippen LogP contribution in [-0.2, 0) is 12.4 Å². The fourth-order valence-electron chi connectivity index (χ4n) is 6.03. The highest BCUT2D eigenvalue weighted by Gasteiger charge is 2.34. The van der Waals surface area contributed by atoms with Gasteiger partial charge in [0.1, 0.15) is 5.82 Å². The third-order valence-electron chi connectivity index (χ3n) is 8.63. The summed E-state index contributed by atoms with van der Waals surface area (Å²) in [4.78, 5) is 10.9. The van der Waals surface area contributed by atoms with E-state index < -0.39 is 23.5 Å². The van der Waals surface area contributed by atoms with E-state index >= 15 is 0 Å². The minimum Gasteiger partial charge on any atom is -0.398 e. The standard InChI is InChI=1S/C30H38F6N6/c31-29(32,33)22-6-9-28(38-20-22)42-17-15-40(16-18-42)12-2-5-27(21-3-1-4-21)41-13-10-23(11-14-41)39-24-7-8-26(37)25(19-24)30(34,35)36/h6-9,19-20,23,39H,1-5,10-18,37H2. The van der Waals surface area contributed by atoms with E-state index in [1.54, 1.807) is 6.07 Å². The molecule has 2 saturated heterocycles. The Balaban J connectivity index is 1.07. The molecule has 1 aromatic heterocycles. The van der Waals surface area contributed by atoms with Crippen molar-refractivity contribution in [2.45, 2.75) is 63.3 Å². The van der Waals surface area contributed by atoms with Crippen molar-refractivity contribution in [3.05, 3.63) is 58.9 Å². The molecule has 0 spiro atoms. The molecule has 1 saturated carbocycles.